The van der Waals surface area contributed by atoms with E-state index in [1.54, 1.807) is 19.4 Å². The van der Waals surface area contributed by atoms with Crippen LogP contribution in [-0.4, -0.2) is 19.6 Å². The lowest BCUT2D eigenvalue weighted by molar-refractivity contribution is 0.0739. The zero-order chi connectivity index (χ0) is 15.4. The van der Waals surface area contributed by atoms with Crippen LogP contribution in [0.1, 0.15) is 22.2 Å². The normalized spacial score (nSPS) is 12.2. The predicted octanol–water partition coefficient (Wildman–Crippen LogP) is 3.55. The highest BCUT2D eigenvalue weighted by Gasteiger charge is 2.16. The number of hydrogen-bond acceptors (Lipinski definition) is 3. The number of benzene rings is 2. The Hall–Kier alpha value is -2.59. The molecule has 0 aliphatic carbocycles. The molecule has 1 atom stereocenters. The molecule has 0 fully saturated rings. The van der Waals surface area contributed by atoms with Gasteiger partial charge in [0.15, 0.2) is 0 Å². The van der Waals surface area contributed by atoms with Gasteiger partial charge in [-0.1, -0.05) is 36.4 Å². The van der Waals surface area contributed by atoms with Crippen LogP contribution in [-0.2, 0) is 4.74 Å². The Morgan fingerprint density at radius 1 is 1.14 bits per heavy atom. The van der Waals surface area contributed by atoms with Crippen LogP contribution in [0.2, 0.25) is 0 Å². The van der Waals surface area contributed by atoms with Crippen molar-refractivity contribution < 1.29 is 13.9 Å². The third-order valence-electron chi connectivity index (χ3n) is 3.63. The number of rotatable bonds is 5. The van der Waals surface area contributed by atoms with Crippen LogP contribution in [0.5, 0.6) is 0 Å². The summed E-state index contributed by atoms with van der Waals surface area (Å²) in [4.78, 5) is 12.5. The molecule has 1 amide bonds. The van der Waals surface area contributed by atoms with Crippen LogP contribution in [0.15, 0.2) is 65.3 Å². The molecule has 22 heavy (non-hydrogen) atoms. The zero-order valence-corrected chi connectivity index (χ0v) is 12.3. The van der Waals surface area contributed by atoms with Crippen LogP contribution in [0.4, 0.5) is 0 Å². The molecule has 4 nitrogen and oxygen atoms in total. The topological polar surface area (TPSA) is 51.5 Å². The van der Waals surface area contributed by atoms with Gasteiger partial charge in [-0.3, -0.25) is 4.79 Å². The number of fused-ring (bicyclic) bond motifs is 1. The lowest BCUT2D eigenvalue weighted by Gasteiger charge is -2.14. The number of nitrogens with one attached hydrogen (secondary N) is 1. The molecule has 0 bridgehead atoms. The van der Waals surface area contributed by atoms with Crippen LogP contribution in [0.3, 0.4) is 0 Å². The molecule has 1 aromatic heterocycles. The molecule has 2 aromatic carbocycles. The second kappa shape index (κ2) is 6.45. The Labute approximate surface area is 128 Å². The molecule has 0 unspecified atom stereocenters. The summed E-state index contributed by atoms with van der Waals surface area (Å²) in [5.41, 5.74) is 0.660. The second-order valence-corrected chi connectivity index (χ2v) is 4.98. The van der Waals surface area contributed by atoms with Gasteiger partial charge >= 0.3 is 0 Å². The number of carbonyl (C=O) groups is 1. The number of furan rings is 1. The van der Waals surface area contributed by atoms with Gasteiger partial charge in [-0.05, 0) is 29.0 Å². The summed E-state index contributed by atoms with van der Waals surface area (Å²) < 4.78 is 10.7. The van der Waals surface area contributed by atoms with Gasteiger partial charge in [0.05, 0.1) is 12.8 Å². The predicted molar refractivity (Wildman–Crippen MR) is 84.7 cm³/mol. The third-order valence-corrected chi connectivity index (χ3v) is 3.63. The van der Waals surface area contributed by atoms with Gasteiger partial charge in [0.25, 0.3) is 5.91 Å². The van der Waals surface area contributed by atoms with E-state index in [9.17, 15) is 4.79 Å². The van der Waals surface area contributed by atoms with Crippen molar-refractivity contribution in [3.8, 4) is 0 Å². The average Bonchev–Trinajstić information content (AvgIpc) is 3.09. The maximum Gasteiger partial charge on any atom is 0.252 e. The fourth-order valence-electron chi connectivity index (χ4n) is 2.48. The standard InChI is InChI=1S/C18H17NO3/c1-21-17(16-10-5-11-22-16)12-19-18(20)15-9-4-7-13-6-2-3-8-14(13)15/h2-11,17H,12H2,1H3,(H,19,20)/t17-/m0/s1. The third kappa shape index (κ3) is 2.87. The fourth-order valence-corrected chi connectivity index (χ4v) is 2.48. The first-order valence-corrected chi connectivity index (χ1v) is 7.12. The van der Waals surface area contributed by atoms with Gasteiger partial charge in [0.2, 0.25) is 0 Å². The van der Waals surface area contributed by atoms with E-state index in [2.05, 4.69) is 5.32 Å². The molecule has 0 spiro atoms. The highest BCUT2D eigenvalue weighted by molar-refractivity contribution is 6.06. The first-order valence-electron chi connectivity index (χ1n) is 7.12. The minimum Gasteiger partial charge on any atom is -0.467 e. The van der Waals surface area contributed by atoms with Gasteiger partial charge in [-0.25, -0.2) is 0 Å². The number of carbonyl (C=O) groups excluding carboxylic acids is 1. The molecule has 112 valence electrons. The first kappa shape index (κ1) is 14.4. The van der Waals surface area contributed by atoms with E-state index in [1.807, 2.05) is 48.5 Å². The number of hydrogen-bond donors (Lipinski definition) is 1. The Balaban J connectivity index is 1.76. The summed E-state index contributed by atoms with van der Waals surface area (Å²) >= 11 is 0. The van der Waals surface area contributed by atoms with E-state index < -0.39 is 0 Å². The van der Waals surface area contributed by atoms with Gasteiger partial charge in [0.1, 0.15) is 11.9 Å². The Morgan fingerprint density at radius 3 is 2.73 bits per heavy atom. The maximum absolute atomic E-state index is 12.5. The summed E-state index contributed by atoms with van der Waals surface area (Å²) in [5.74, 6) is 0.575. The lowest BCUT2D eigenvalue weighted by Crippen LogP contribution is -2.29. The summed E-state index contributed by atoms with van der Waals surface area (Å²) in [6.45, 7) is 0.353. The molecule has 0 saturated heterocycles. The number of methoxy groups -OCH3 is 1. The SMILES string of the molecule is CO[C@@H](CNC(=O)c1cccc2ccccc12)c1ccco1. The van der Waals surface area contributed by atoms with E-state index in [0.29, 0.717) is 17.9 Å². The van der Waals surface area contributed by atoms with Crippen molar-refractivity contribution in [2.45, 2.75) is 6.10 Å². The number of amides is 1. The number of ether oxygens (including phenoxy) is 1. The molecule has 1 heterocycles. The van der Waals surface area contributed by atoms with E-state index in [-0.39, 0.29) is 12.0 Å². The van der Waals surface area contributed by atoms with Crippen LogP contribution in [0.25, 0.3) is 10.8 Å². The first-order chi connectivity index (χ1) is 10.8. The quantitative estimate of drug-likeness (QED) is 0.783. The molecule has 3 rings (SSSR count). The summed E-state index contributed by atoms with van der Waals surface area (Å²) in [5, 5.41) is 4.89. The highest BCUT2D eigenvalue weighted by Crippen LogP contribution is 2.19. The lowest BCUT2D eigenvalue weighted by atomic mass is 10.0. The van der Waals surface area contributed by atoms with Crippen molar-refractivity contribution >= 4 is 16.7 Å². The minimum absolute atomic E-state index is 0.120. The highest BCUT2D eigenvalue weighted by atomic mass is 16.5. The van der Waals surface area contributed by atoms with Crippen molar-refractivity contribution in [1.82, 2.24) is 5.32 Å². The molecule has 0 radical (unpaired) electrons. The van der Waals surface area contributed by atoms with Crippen molar-refractivity contribution in [1.29, 1.82) is 0 Å². The van der Waals surface area contributed by atoms with E-state index >= 15 is 0 Å². The Kier molecular flexibility index (Phi) is 4.21. The largest absolute Gasteiger partial charge is 0.467 e. The van der Waals surface area contributed by atoms with Crippen molar-refractivity contribution in [2.24, 2.45) is 0 Å². The molecule has 4 heteroatoms. The monoisotopic (exact) mass is 295 g/mol. The summed E-state index contributed by atoms with van der Waals surface area (Å²) in [6, 6.07) is 17.2. The van der Waals surface area contributed by atoms with Gasteiger partial charge < -0.3 is 14.5 Å². The molecular formula is C18H17NO3. The minimum atomic E-state index is -0.297. The summed E-state index contributed by atoms with van der Waals surface area (Å²) in [7, 11) is 1.59. The average molecular weight is 295 g/mol. The van der Waals surface area contributed by atoms with Crippen molar-refractivity contribution in [3.63, 3.8) is 0 Å². The zero-order valence-electron chi connectivity index (χ0n) is 12.3. The molecule has 1 N–H and O–H groups in total. The van der Waals surface area contributed by atoms with Crippen molar-refractivity contribution in [2.75, 3.05) is 13.7 Å². The smallest absolute Gasteiger partial charge is 0.252 e. The van der Waals surface area contributed by atoms with E-state index in [0.717, 1.165) is 10.8 Å². The van der Waals surface area contributed by atoms with Crippen LogP contribution >= 0.6 is 0 Å². The molecule has 3 aromatic rings. The molecule has 0 aliphatic heterocycles. The maximum atomic E-state index is 12.5. The molecule has 0 aliphatic rings. The fraction of sp³-hybridized carbons (Fsp3) is 0.167. The van der Waals surface area contributed by atoms with E-state index in [1.165, 1.54) is 0 Å². The molecular weight excluding hydrogens is 278 g/mol. The second-order valence-electron chi connectivity index (χ2n) is 4.98. The molecule has 0 saturated carbocycles. The van der Waals surface area contributed by atoms with Gasteiger partial charge in [0, 0.05) is 12.7 Å². The van der Waals surface area contributed by atoms with Gasteiger partial charge in [-0.2, -0.15) is 0 Å². The summed E-state index contributed by atoms with van der Waals surface area (Å²) in [6.07, 6.45) is 1.29. The van der Waals surface area contributed by atoms with Crippen molar-refractivity contribution in [3.05, 3.63) is 72.2 Å². The van der Waals surface area contributed by atoms with Gasteiger partial charge in [-0.15, -0.1) is 0 Å². The van der Waals surface area contributed by atoms with E-state index in [4.69, 9.17) is 9.15 Å². The van der Waals surface area contributed by atoms with Crippen LogP contribution in [0, 0.1) is 0 Å². The Bertz CT molecular complexity index is 760. The Morgan fingerprint density at radius 2 is 1.95 bits per heavy atom. The van der Waals surface area contributed by atoms with Crippen LogP contribution < -0.4 is 5.32 Å².